The topological polar surface area (TPSA) is 36.4 Å². The van der Waals surface area contributed by atoms with Crippen molar-refractivity contribution in [2.24, 2.45) is 0 Å². The molecule has 0 spiro atoms. The third-order valence-electron chi connectivity index (χ3n) is 4.09. The van der Waals surface area contributed by atoms with Gasteiger partial charge in [0.1, 0.15) is 0 Å². The molecule has 1 aliphatic carbocycles. The normalized spacial score (nSPS) is 26.3. The number of hydrogen-bond donors (Lipinski definition) is 1. The van der Waals surface area contributed by atoms with Gasteiger partial charge in [0, 0.05) is 29.6 Å². The number of aliphatic hydroxyl groups excluding tert-OH is 1. The van der Waals surface area contributed by atoms with Crippen LogP contribution in [-0.2, 0) is 6.54 Å². The van der Waals surface area contributed by atoms with Gasteiger partial charge in [-0.15, -0.1) is 11.3 Å². The van der Waals surface area contributed by atoms with Gasteiger partial charge >= 0.3 is 0 Å². The minimum atomic E-state index is 0.300. The van der Waals surface area contributed by atoms with Gasteiger partial charge < -0.3 is 5.11 Å². The van der Waals surface area contributed by atoms with Crippen LogP contribution >= 0.6 is 11.3 Å². The molecule has 1 saturated carbocycles. The van der Waals surface area contributed by atoms with Gasteiger partial charge in [0.05, 0.1) is 11.6 Å². The van der Waals surface area contributed by atoms with Gasteiger partial charge in [-0.1, -0.05) is 6.42 Å². The molecule has 1 saturated heterocycles. The molecule has 1 aliphatic heterocycles. The van der Waals surface area contributed by atoms with Crippen LogP contribution in [0.4, 0.5) is 0 Å². The molecular weight excluding hydrogens is 232 g/mol. The fourth-order valence-electron chi connectivity index (χ4n) is 2.75. The molecule has 2 aliphatic rings. The summed E-state index contributed by atoms with van der Waals surface area (Å²) in [4.78, 5) is 8.33. The first-order chi connectivity index (χ1) is 8.36. The number of aliphatic hydroxyl groups is 1. The molecule has 94 valence electrons. The molecule has 3 rings (SSSR count). The first-order valence-electron chi connectivity index (χ1n) is 6.66. The Balaban J connectivity index is 1.62. The van der Waals surface area contributed by atoms with Gasteiger partial charge in [0.15, 0.2) is 0 Å². The molecule has 17 heavy (non-hydrogen) atoms. The second-order valence-electron chi connectivity index (χ2n) is 5.24. The number of nitrogens with zero attached hydrogens (tertiary/aromatic N) is 2. The summed E-state index contributed by atoms with van der Waals surface area (Å²) in [6.45, 7) is 2.41. The zero-order valence-electron chi connectivity index (χ0n) is 10.1. The summed E-state index contributed by atoms with van der Waals surface area (Å²) in [7, 11) is 0. The number of aromatic nitrogens is 1. The van der Waals surface area contributed by atoms with Crippen molar-refractivity contribution in [3.63, 3.8) is 0 Å². The summed E-state index contributed by atoms with van der Waals surface area (Å²) >= 11 is 1.88. The van der Waals surface area contributed by atoms with Gasteiger partial charge in [-0.25, -0.2) is 4.98 Å². The van der Waals surface area contributed by atoms with Crippen molar-refractivity contribution in [3.8, 4) is 0 Å². The van der Waals surface area contributed by atoms with Crippen LogP contribution in [0.3, 0.4) is 0 Å². The fraction of sp³-hybridized carbons (Fsp3) is 0.769. The van der Waals surface area contributed by atoms with Crippen LogP contribution in [0.15, 0.2) is 6.20 Å². The lowest BCUT2D eigenvalue weighted by Gasteiger charge is -2.23. The van der Waals surface area contributed by atoms with Crippen LogP contribution in [0.25, 0.3) is 0 Å². The van der Waals surface area contributed by atoms with E-state index >= 15 is 0 Å². The zero-order valence-corrected chi connectivity index (χ0v) is 11.0. The van der Waals surface area contributed by atoms with E-state index in [1.165, 1.54) is 35.6 Å². The highest BCUT2D eigenvalue weighted by Gasteiger charge is 2.26. The highest BCUT2D eigenvalue weighted by molar-refractivity contribution is 7.11. The van der Waals surface area contributed by atoms with Crippen molar-refractivity contribution >= 4 is 11.3 Å². The molecule has 2 fully saturated rings. The third kappa shape index (κ3) is 2.39. The van der Waals surface area contributed by atoms with Crippen LogP contribution in [0.1, 0.15) is 47.9 Å². The van der Waals surface area contributed by atoms with Crippen LogP contribution in [-0.4, -0.2) is 34.2 Å². The van der Waals surface area contributed by atoms with Crippen molar-refractivity contribution in [2.45, 2.75) is 50.6 Å². The Labute approximate surface area is 106 Å². The van der Waals surface area contributed by atoms with E-state index in [2.05, 4.69) is 9.88 Å². The Morgan fingerprint density at radius 3 is 2.94 bits per heavy atom. The number of rotatable bonds is 4. The first-order valence-corrected chi connectivity index (χ1v) is 7.48. The van der Waals surface area contributed by atoms with Gasteiger partial charge in [0.25, 0.3) is 0 Å². The second-order valence-corrected chi connectivity index (χ2v) is 6.39. The molecule has 4 heteroatoms. The summed E-state index contributed by atoms with van der Waals surface area (Å²) in [5, 5.41) is 10.6. The van der Waals surface area contributed by atoms with Gasteiger partial charge in [-0.2, -0.15) is 0 Å². The Hall–Kier alpha value is -0.450. The average molecular weight is 252 g/mol. The maximum absolute atomic E-state index is 9.30. The largest absolute Gasteiger partial charge is 0.395 e. The lowest BCUT2D eigenvalue weighted by Crippen LogP contribution is -2.31. The average Bonchev–Trinajstić information content (AvgIpc) is 2.86. The van der Waals surface area contributed by atoms with Gasteiger partial charge in [0.2, 0.25) is 0 Å². The van der Waals surface area contributed by atoms with E-state index < -0.39 is 0 Å². The predicted octanol–water partition coefficient (Wildman–Crippen LogP) is 2.37. The summed E-state index contributed by atoms with van der Waals surface area (Å²) in [6.07, 6.45) is 8.44. The van der Waals surface area contributed by atoms with Crippen molar-refractivity contribution in [3.05, 3.63) is 16.1 Å². The Morgan fingerprint density at radius 2 is 2.24 bits per heavy atom. The standard InChI is InChI=1S/C13H20N2OS/c16-9-11-5-2-6-15(11)8-12-7-14-13(17-12)10-3-1-4-10/h7,10-11,16H,1-6,8-9H2/t11-/m0/s1. The Kier molecular flexibility index (Phi) is 3.45. The third-order valence-corrected chi connectivity index (χ3v) is 5.24. The molecule has 1 aromatic rings. The summed E-state index contributed by atoms with van der Waals surface area (Å²) in [6, 6.07) is 0.379. The molecule has 0 aromatic carbocycles. The second kappa shape index (κ2) is 5.04. The van der Waals surface area contributed by atoms with Crippen LogP contribution in [0.2, 0.25) is 0 Å². The number of likely N-dealkylation sites (tertiary alicyclic amines) is 1. The molecule has 1 aromatic heterocycles. The highest BCUT2D eigenvalue weighted by atomic mass is 32.1. The maximum Gasteiger partial charge on any atom is 0.0959 e. The van der Waals surface area contributed by atoms with E-state index in [1.54, 1.807) is 0 Å². The summed E-state index contributed by atoms with van der Waals surface area (Å²) in [5.41, 5.74) is 0. The summed E-state index contributed by atoms with van der Waals surface area (Å²) in [5.74, 6) is 0.751. The highest BCUT2D eigenvalue weighted by Crippen LogP contribution is 2.38. The van der Waals surface area contributed by atoms with E-state index in [9.17, 15) is 5.11 Å². The predicted molar refractivity (Wildman–Crippen MR) is 69.2 cm³/mol. The first kappa shape index (κ1) is 11.6. The van der Waals surface area contributed by atoms with E-state index in [1.807, 2.05) is 17.5 Å². The number of hydrogen-bond acceptors (Lipinski definition) is 4. The fourth-order valence-corrected chi connectivity index (χ4v) is 3.86. The molecule has 0 amide bonds. The van der Waals surface area contributed by atoms with Crippen LogP contribution < -0.4 is 0 Å². The van der Waals surface area contributed by atoms with Gasteiger partial charge in [-0.3, -0.25) is 4.90 Å². The lowest BCUT2D eigenvalue weighted by atomic mass is 9.86. The zero-order chi connectivity index (χ0) is 11.7. The van der Waals surface area contributed by atoms with E-state index in [0.717, 1.165) is 25.4 Å². The summed E-state index contributed by atoms with van der Waals surface area (Å²) < 4.78 is 0. The molecule has 1 atom stereocenters. The minimum Gasteiger partial charge on any atom is -0.395 e. The smallest absolute Gasteiger partial charge is 0.0959 e. The monoisotopic (exact) mass is 252 g/mol. The Morgan fingerprint density at radius 1 is 1.35 bits per heavy atom. The molecule has 0 unspecified atom stereocenters. The minimum absolute atomic E-state index is 0.300. The van der Waals surface area contributed by atoms with E-state index in [-0.39, 0.29) is 0 Å². The van der Waals surface area contributed by atoms with Crippen molar-refractivity contribution in [2.75, 3.05) is 13.2 Å². The van der Waals surface area contributed by atoms with Crippen molar-refractivity contribution < 1.29 is 5.11 Å². The quantitative estimate of drug-likeness (QED) is 0.893. The van der Waals surface area contributed by atoms with Gasteiger partial charge in [-0.05, 0) is 32.2 Å². The molecule has 1 N–H and O–H groups in total. The van der Waals surface area contributed by atoms with Crippen molar-refractivity contribution in [1.82, 2.24) is 9.88 Å². The van der Waals surface area contributed by atoms with Crippen LogP contribution in [0, 0.1) is 0 Å². The molecule has 3 nitrogen and oxygen atoms in total. The van der Waals surface area contributed by atoms with Crippen molar-refractivity contribution in [1.29, 1.82) is 0 Å². The molecule has 0 radical (unpaired) electrons. The maximum atomic E-state index is 9.30. The Bertz CT molecular complexity index is 375. The molecular formula is C13H20N2OS. The van der Waals surface area contributed by atoms with E-state index in [0.29, 0.717) is 12.6 Å². The van der Waals surface area contributed by atoms with Crippen LogP contribution in [0.5, 0.6) is 0 Å². The number of thiazole rings is 1. The SMILES string of the molecule is OC[C@@H]1CCCN1Cc1cnc(C2CCC2)s1. The molecule has 0 bridgehead atoms. The lowest BCUT2D eigenvalue weighted by molar-refractivity contribution is 0.154. The van der Waals surface area contributed by atoms with E-state index in [4.69, 9.17) is 0 Å². The molecule has 2 heterocycles.